The summed E-state index contributed by atoms with van der Waals surface area (Å²) in [6.45, 7) is 3.50. The van der Waals surface area contributed by atoms with Gasteiger partial charge in [0.2, 0.25) is 0 Å². The SMILES string of the molecule is CCOC(=O)Oc1cccc(S(=O)(=O)C2(C(=O)OCC)CC2)c1. The van der Waals surface area contributed by atoms with E-state index in [9.17, 15) is 18.0 Å². The van der Waals surface area contributed by atoms with E-state index in [2.05, 4.69) is 4.74 Å². The van der Waals surface area contributed by atoms with E-state index < -0.39 is 26.7 Å². The lowest BCUT2D eigenvalue weighted by Crippen LogP contribution is -2.34. The van der Waals surface area contributed by atoms with Gasteiger partial charge in [-0.15, -0.1) is 0 Å². The predicted octanol–water partition coefficient (Wildman–Crippen LogP) is 2.09. The minimum atomic E-state index is -3.93. The van der Waals surface area contributed by atoms with E-state index in [1.165, 1.54) is 24.3 Å². The lowest BCUT2D eigenvalue weighted by molar-refractivity contribution is -0.143. The van der Waals surface area contributed by atoms with Crippen molar-refractivity contribution in [3.63, 3.8) is 0 Å². The Morgan fingerprint density at radius 3 is 2.35 bits per heavy atom. The maximum Gasteiger partial charge on any atom is 0.513 e. The van der Waals surface area contributed by atoms with Crippen molar-refractivity contribution in [2.45, 2.75) is 36.3 Å². The van der Waals surface area contributed by atoms with E-state index in [0.717, 1.165) is 0 Å². The summed E-state index contributed by atoms with van der Waals surface area (Å²) >= 11 is 0. The summed E-state index contributed by atoms with van der Waals surface area (Å²) in [4.78, 5) is 23.2. The van der Waals surface area contributed by atoms with Crippen LogP contribution in [0.4, 0.5) is 4.79 Å². The normalized spacial score (nSPS) is 15.6. The van der Waals surface area contributed by atoms with Crippen LogP contribution in [0.15, 0.2) is 29.2 Å². The number of benzene rings is 1. The third kappa shape index (κ3) is 3.31. The van der Waals surface area contributed by atoms with Gasteiger partial charge in [-0.05, 0) is 44.9 Å². The lowest BCUT2D eigenvalue weighted by atomic mass is 10.3. The van der Waals surface area contributed by atoms with Crippen molar-refractivity contribution in [3.8, 4) is 5.75 Å². The molecular formula is C15H18O7S. The maximum atomic E-state index is 12.7. The van der Waals surface area contributed by atoms with Crippen LogP contribution in [0.5, 0.6) is 5.75 Å². The van der Waals surface area contributed by atoms with Gasteiger partial charge in [0.15, 0.2) is 14.6 Å². The molecule has 0 aromatic heterocycles. The number of hydrogen-bond donors (Lipinski definition) is 0. The highest BCUT2D eigenvalue weighted by Gasteiger charge is 2.62. The molecule has 0 amide bonds. The van der Waals surface area contributed by atoms with Gasteiger partial charge >= 0.3 is 12.1 Å². The molecule has 1 aliphatic carbocycles. The van der Waals surface area contributed by atoms with Crippen LogP contribution in [0.2, 0.25) is 0 Å². The molecule has 0 radical (unpaired) electrons. The third-order valence-electron chi connectivity index (χ3n) is 3.45. The molecule has 0 heterocycles. The topological polar surface area (TPSA) is 96.0 Å². The van der Waals surface area contributed by atoms with Crippen LogP contribution in [0.1, 0.15) is 26.7 Å². The van der Waals surface area contributed by atoms with Crippen molar-refractivity contribution in [1.29, 1.82) is 0 Å². The molecule has 1 aromatic rings. The fourth-order valence-electron chi connectivity index (χ4n) is 2.13. The fraction of sp³-hybridized carbons (Fsp3) is 0.467. The van der Waals surface area contributed by atoms with Crippen molar-refractivity contribution in [1.82, 2.24) is 0 Å². The van der Waals surface area contributed by atoms with Crippen LogP contribution < -0.4 is 4.74 Å². The summed E-state index contributed by atoms with van der Waals surface area (Å²) in [6, 6.07) is 5.42. The Labute approximate surface area is 134 Å². The quantitative estimate of drug-likeness (QED) is 0.577. The smallest absolute Gasteiger partial charge is 0.465 e. The summed E-state index contributed by atoms with van der Waals surface area (Å²) in [7, 11) is -3.93. The highest BCUT2D eigenvalue weighted by molar-refractivity contribution is 7.94. The number of rotatable bonds is 6. The van der Waals surface area contributed by atoms with Crippen molar-refractivity contribution in [3.05, 3.63) is 24.3 Å². The van der Waals surface area contributed by atoms with Gasteiger partial charge in [0.05, 0.1) is 18.1 Å². The summed E-state index contributed by atoms with van der Waals surface area (Å²) in [5.41, 5.74) is 0. The maximum absolute atomic E-state index is 12.7. The molecule has 1 aliphatic rings. The number of ether oxygens (including phenoxy) is 3. The molecule has 23 heavy (non-hydrogen) atoms. The fourth-order valence-corrected chi connectivity index (χ4v) is 4.03. The van der Waals surface area contributed by atoms with Gasteiger partial charge in [-0.25, -0.2) is 13.2 Å². The molecule has 1 saturated carbocycles. The van der Waals surface area contributed by atoms with Crippen molar-refractivity contribution in [2.75, 3.05) is 13.2 Å². The summed E-state index contributed by atoms with van der Waals surface area (Å²) in [5, 5.41) is 0. The third-order valence-corrected chi connectivity index (χ3v) is 5.92. The van der Waals surface area contributed by atoms with E-state index in [-0.39, 0.29) is 36.7 Å². The Morgan fingerprint density at radius 2 is 1.78 bits per heavy atom. The van der Waals surface area contributed by atoms with Gasteiger partial charge in [0, 0.05) is 0 Å². The summed E-state index contributed by atoms with van der Waals surface area (Å²) < 4.78 is 38.3. The highest BCUT2D eigenvalue weighted by Crippen LogP contribution is 2.48. The predicted molar refractivity (Wildman–Crippen MR) is 79.9 cm³/mol. The zero-order valence-corrected chi connectivity index (χ0v) is 13.7. The van der Waals surface area contributed by atoms with Crippen molar-refractivity contribution >= 4 is 22.0 Å². The Bertz CT molecular complexity index is 704. The molecule has 0 saturated heterocycles. The average molecular weight is 342 g/mol. The van der Waals surface area contributed by atoms with Gasteiger partial charge in [-0.2, -0.15) is 0 Å². The molecule has 7 nitrogen and oxygen atoms in total. The van der Waals surface area contributed by atoms with Crippen LogP contribution in [0, 0.1) is 0 Å². The van der Waals surface area contributed by atoms with Crippen LogP contribution >= 0.6 is 0 Å². The van der Waals surface area contributed by atoms with E-state index >= 15 is 0 Å². The van der Waals surface area contributed by atoms with Crippen molar-refractivity contribution in [2.24, 2.45) is 0 Å². The van der Waals surface area contributed by atoms with Gasteiger partial charge < -0.3 is 14.2 Å². The molecule has 0 unspecified atom stereocenters. The van der Waals surface area contributed by atoms with Gasteiger partial charge in [0.1, 0.15) is 5.75 Å². The lowest BCUT2D eigenvalue weighted by Gasteiger charge is -2.15. The molecule has 2 rings (SSSR count). The Morgan fingerprint density at radius 1 is 1.13 bits per heavy atom. The molecule has 1 fully saturated rings. The average Bonchev–Trinajstić information content (AvgIpc) is 3.30. The van der Waals surface area contributed by atoms with E-state index in [4.69, 9.17) is 9.47 Å². The Hall–Kier alpha value is -2.09. The molecule has 0 N–H and O–H groups in total. The standard InChI is InChI=1S/C15H18O7S/c1-3-20-13(16)15(8-9-15)23(18,19)12-7-5-6-11(10-12)22-14(17)21-4-2/h5-7,10H,3-4,8-9H2,1-2H3. The van der Waals surface area contributed by atoms with E-state index in [0.29, 0.717) is 0 Å². The minimum absolute atomic E-state index is 0.0317. The van der Waals surface area contributed by atoms with Crippen molar-refractivity contribution < 1.29 is 32.2 Å². The Kier molecular flexibility index (Phi) is 4.93. The van der Waals surface area contributed by atoms with Crippen LogP contribution in [-0.4, -0.2) is 38.5 Å². The summed E-state index contributed by atoms with van der Waals surface area (Å²) in [6.07, 6.45) is -0.484. The number of carbonyl (C=O) groups is 2. The number of sulfone groups is 1. The van der Waals surface area contributed by atoms with Gasteiger partial charge in [0.25, 0.3) is 0 Å². The second kappa shape index (κ2) is 6.57. The summed E-state index contributed by atoms with van der Waals surface area (Å²) in [5.74, 6) is -0.708. The Balaban J connectivity index is 2.27. The molecule has 0 atom stereocenters. The first-order chi connectivity index (χ1) is 10.9. The second-order valence-electron chi connectivity index (χ2n) is 4.98. The van der Waals surface area contributed by atoms with Crippen LogP contribution in [0.25, 0.3) is 0 Å². The van der Waals surface area contributed by atoms with Gasteiger partial charge in [-0.1, -0.05) is 6.07 Å². The zero-order valence-electron chi connectivity index (χ0n) is 12.9. The van der Waals surface area contributed by atoms with Gasteiger partial charge in [-0.3, -0.25) is 4.79 Å². The largest absolute Gasteiger partial charge is 0.513 e. The van der Waals surface area contributed by atoms with Crippen LogP contribution in [-0.2, 0) is 24.1 Å². The molecule has 126 valence electrons. The first-order valence-electron chi connectivity index (χ1n) is 7.24. The van der Waals surface area contributed by atoms with E-state index in [1.54, 1.807) is 13.8 Å². The molecule has 0 bridgehead atoms. The molecule has 0 aliphatic heterocycles. The number of esters is 1. The first-order valence-corrected chi connectivity index (χ1v) is 8.72. The zero-order chi connectivity index (χ0) is 17.1. The molecule has 8 heteroatoms. The minimum Gasteiger partial charge on any atom is -0.465 e. The first kappa shape index (κ1) is 17.3. The monoisotopic (exact) mass is 342 g/mol. The molecule has 1 aromatic carbocycles. The molecule has 0 spiro atoms. The van der Waals surface area contributed by atoms with E-state index in [1.807, 2.05) is 0 Å². The number of carbonyl (C=O) groups excluding carboxylic acids is 2. The highest BCUT2D eigenvalue weighted by atomic mass is 32.2. The van der Waals surface area contributed by atoms with Crippen LogP contribution in [0.3, 0.4) is 0 Å². The second-order valence-corrected chi connectivity index (χ2v) is 7.24. The number of hydrogen-bond acceptors (Lipinski definition) is 7. The molecular weight excluding hydrogens is 324 g/mol.